The molecule has 0 bridgehead atoms. The number of carbonyl (C=O) groups is 4. The Kier molecular flexibility index (Phi) is 33.8. The Labute approximate surface area is 714 Å². The maximum Gasteiger partial charge on any atom is 0.340 e. The van der Waals surface area contributed by atoms with Crippen molar-refractivity contribution in [2.45, 2.75) is 240 Å². The minimum atomic E-state index is -1.30. The van der Waals surface area contributed by atoms with Crippen molar-refractivity contribution in [2.75, 3.05) is 26.4 Å². The largest absolute Gasteiger partial charge is 0.479 e. The third-order valence-corrected chi connectivity index (χ3v) is 21.6. The molecule has 0 aliphatic rings. The number of aliphatic hydroxyl groups is 2. The zero-order valence-electron chi connectivity index (χ0n) is 70.8. The van der Waals surface area contributed by atoms with E-state index in [1.165, 1.54) is 0 Å². The number of aliphatic hydroxyl groups excluding tert-OH is 2. The van der Waals surface area contributed by atoms with Crippen molar-refractivity contribution in [3.05, 3.63) is 197 Å². The van der Waals surface area contributed by atoms with E-state index in [0.717, 1.165) is 145 Å². The number of ether oxygens (including phenoxy) is 7. The summed E-state index contributed by atoms with van der Waals surface area (Å²) in [5.41, 5.74) is 15.5. The molecule has 0 unspecified atom stereocenters. The lowest BCUT2D eigenvalue weighted by molar-refractivity contribution is -0.167. The summed E-state index contributed by atoms with van der Waals surface area (Å²) >= 11 is 18.1. The summed E-state index contributed by atoms with van der Waals surface area (Å²) in [5.74, 6) is -2.26. The number of esters is 3. The van der Waals surface area contributed by atoms with Gasteiger partial charge in [0.1, 0.15) is 18.8 Å². The minimum Gasteiger partial charge on any atom is -0.479 e. The van der Waals surface area contributed by atoms with E-state index in [9.17, 15) is 34.5 Å². The van der Waals surface area contributed by atoms with Gasteiger partial charge in [-0.05, 0) is 385 Å². The second-order valence-electron chi connectivity index (χ2n) is 33.1. The number of aryl methyl sites for hydroxylation is 10. The number of fused-ring (bicyclic) bond motifs is 5. The molecule has 19 nitrogen and oxygen atoms in total. The molecule has 0 fully saturated rings. The number of carboxylic acid groups (broad SMARTS) is 1. The van der Waals surface area contributed by atoms with Gasteiger partial charge >= 0.3 is 23.9 Å². The number of nitrogens with zero attached hydrogens (tertiary/aromatic N) is 5. The fraction of sp³-hybridized carbons (Fsp3) is 0.456. The van der Waals surface area contributed by atoms with E-state index in [-0.39, 0.29) is 55.2 Å². The van der Waals surface area contributed by atoms with Gasteiger partial charge in [0.15, 0.2) is 18.3 Å². The average Bonchev–Trinajstić information content (AvgIpc) is 0.801. The molecular formula is C90H112Br5N5O14. The SMILES string of the molecule is CCOC(=O)[C@@H](O)c1c(C)cc2nc(C)ccc2c1Br.CCOC(=O)[C@@H](OC(C)(C)C)c1c(C)cc2nc(C)ccc2c1Br.Cc1ccc2c(Br)c([C@@H](CO)OC(C)(C)C)c(C)cc2n1.Cc1ccc2c(Br)c([C@@H](COC(=O)C(C)(C)C)OC(C)(C)C)c(C)cc2n1.Cc1ccc2c(Br)c([C@H](OC(C)(C)C)C(=O)O)c(C)cc2n1. The summed E-state index contributed by atoms with van der Waals surface area (Å²) in [7, 11) is 0. The molecule has 0 saturated carbocycles. The maximum absolute atomic E-state index is 12.5. The summed E-state index contributed by atoms with van der Waals surface area (Å²) in [4.78, 5) is 71.0. The van der Waals surface area contributed by atoms with Crippen molar-refractivity contribution in [1.82, 2.24) is 24.9 Å². The molecule has 616 valence electrons. The Bertz CT molecular complexity index is 5150. The zero-order chi connectivity index (χ0) is 85.9. The highest BCUT2D eigenvalue weighted by Crippen LogP contribution is 2.43. The lowest BCUT2D eigenvalue weighted by Gasteiger charge is -2.30. The van der Waals surface area contributed by atoms with Gasteiger partial charge in [-0.25, -0.2) is 14.4 Å². The average molecular weight is 1890 g/mol. The van der Waals surface area contributed by atoms with Crippen molar-refractivity contribution >= 4 is 158 Å². The van der Waals surface area contributed by atoms with E-state index < -0.39 is 46.9 Å². The molecule has 10 aromatic rings. The van der Waals surface area contributed by atoms with Gasteiger partial charge < -0.3 is 48.5 Å². The van der Waals surface area contributed by atoms with E-state index >= 15 is 0 Å². The molecule has 0 amide bonds. The van der Waals surface area contributed by atoms with Crippen LogP contribution in [0, 0.1) is 74.7 Å². The topological polar surface area (TPSA) is 258 Å². The Morgan fingerprint density at radius 1 is 0.368 bits per heavy atom. The standard InChI is InChI=1S/C22H30BrNO3.C19H24BrNO3.C17H20BrNO3.C17H22BrNO2.C15H16BrNO3/c1-13-11-16-15(10-9-14(2)24-16)19(23)18(13)17(27-22(6,7)8)12-26-20(25)21(3,4)5;1-7-23-18(22)17(24-19(4,5)6)15-11(2)10-14-13(16(15)20)9-8-12(3)21-14;1-9-8-12-11(7-6-10(2)19-12)14(18)13(9)15(16(20)21)22-17(3,4)5;1-10-8-13-12(7-6-11(2)19-13)16(18)15(10)14(9-20)21-17(3,4)5;1-4-20-15(19)14(18)12-8(2)7-11-10(13(12)16)6-5-9(3)17-11/h9-11,17H,12H2,1-8H3;8-10,17H,7H2,1-6H3;6-8,15H,1-5H3,(H,20,21);6-8,14,20H,9H2,1-5H3;5-7,14,18H,4H2,1-3H3/t2*17-;15-;2*14-/m10010/s1. The van der Waals surface area contributed by atoms with Crippen LogP contribution in [0.1, 0.15) is 232 Å². The van der Waals surface area contributed by atoms with Gasteiger partial charge in [-0.15, -0.1) is 0 Å². The molecule has 0 aliphatic carbocycles. The molecule has 0 aliphatic heterocycles. The Morgan fingerprint density at radius 3 is 0.930 bits per heavy atom. The first-order valence-corrected chi connectivity index (χ1v) is 41.7. The highest BCUT2D eigenvalue weighted by Gasteiger charge is 2.35. The molecule has 114 heavy (non-hydrogen) atoms. The molecule has 5 heterocycles. The zero-order valence-corrected chi connectivity index (χ0v) is 78.8. The molecule has 3 N–H and O–H groups in total. The number of halogens is 5. The van der Waals surface area contributed by atoms with Gasteiger partial charge in [0.2, 0.25) is 0 Å². The first kappa shape index (κ1) is 96.0. The predicted octanol–water partition coefficient (Wildman–Crippen LogP) is 23.3. The molecule has 0 saturated heterocycles. The lowest BCUT2D eigenvalue weighted by atomic mass is 9.97. The molecule has 10 rings (SSSR count). The Balaban J connectivity index is 0.000000223. The maximum atomic E-state index is 12.5. The molecule has 5 aromatic carbocycles. The Morgan fingerprint density at radius 2 is 0.632 bits per heavy atom. The molecule has 24 heteroatoms. The molecule has 5 atom stereocenters. The number of pyridine rings is 5. The second kappa shape index (κ2) is 40.1. The van der Waals surface area contributed by atoms with Crippen LogP contribution in [0.25, 0.3) is 54.5 Å². The summed E-state index contributed by atoms with van der Waals surface area (Å²) in [6.45, 7) is 52.5. The first-order valence-electron chi connectivity index (χ1n) is 37.8. The molecule has 0 radical (unpaired) electrons. The fourth-order valence-corrected chi connectivity index (χ4v) is 16.8. The third kappa shape index (κ3) is 26.1. The summed E-state index contributed by atoms with van der Waals surface area (Å²) in [5, 5.41) is 34.3. The number of aliphatic carboxylic acids is 1. The number of benzene rings is 5. The van der Waals surface area contributed by atoms with Crippen LogP contribution in [-0.4, -0.2) is 113 Å². The first-order chi connectivity index (χ1) is 52.7. The molecule has 0 spiro atoms. The van der Waals surface area contributed by atoms with Crippen LogP contribution in [-0.2, 0) is 52.3 Å². The fourth-order valence-electron chi connectivity index (χ4n) is 12.4. The van der Waals surface area contributed by atoms with Crippen LogP contribution in [0.2, 0.25) is 0 Å². The summed E-state index contributed by atoms with van der Waals surface area (Å²) < 4.78 is 44.0. The second-order valence-corrected chi connectivity index (χ2v) is 37.1. The van der Waals surface area contributed by atoms with Crippen molar-refractivity contribution in [3.8, 4) is 0 Å². The van der Waals surface area contributed by atoms with Crippen LogP contribution >= 0.6 is 79.6 Å². The van der Waals surface area contributed by atoms with E-state index in [2.05, 4.69) is 129 Å². The number of rotatable bonds is 17. The normalized spacial score (nSPS) is 13.3. The molecule has 5 aromatic heterocycles. The van der Waals surface area contributed by atoms with Crippen LogP contribution < -0.4 is 0 Å². The van der Waals surface area contributed by atoms with Gasteiger partial charge in [0, 0.05) is 106 Å². The van der Waals surface area contributed by atoms with E-state index in [0.29, 0.717) is 22.2 Å². The highest BCUT2D eigenvalue weighted by atomic mass is 79.9. The van der Waals surface area contributed by atoms with Gasteiger partial charge in [-0.2, -0.15) is 0 Å². The quantitative estimate of drug-likeness (QED) is 0.0565. The van der Waals surface area contributed by atoms with Crippen LogP contribution in [0.5, 0.6) is 0 Å². The number of hydrogen-bond donors (Lipinski definition) is 3. The van der Waals surface area contributed by atoms with Crippen molar-refractivity contribution in [2.24, 2.45) is 5.41 Å². The number of carbonyl (C=O) groups excluding carboxylic acids is 3. The van der Waals surface area contributed by atoms with E-state index in [1.807, 2.05) is 240 Å². The summed E-state index contributed by atoms with van der Waals surface area (Å²) in [6.07, 6.45) is -3.85. The number of hydrogen-bond acceptors (Lipinski definition) is 18. The van der Waals surface area contributed by atoms with Crippen LogP contribution in [0.4, 0.5) is 0 Å². The third-order valence-electron chi connectivity index (χ3n) is 17.3. The monoisotopic (exact) mass is 1880 g/mol. The smallest absolute Gasteiger partial charge is 0.340 e. The van der Waals surface area contributed by atoms with Crippen LogP contribution in [0.15, 0.2) is 113 Å². The minimum absolute atomic E-state index is 0.0541. The van der Waals surface area contributed by atoms with E-state index in [1.54, 1.807) is 13.8 Å². The van der Waals surface area contributed by atoms with Gasteiger partial charge in [0.05, 0.1) is 75.2 Å². The predicted molar refractivity (Wildman–Crippen MR) is 472 cm³/mol. The summed E-state index contributed by atoms with van der Waals surface area (Å²) in [6, 6.07) is 29.6. The molecular weight excluding hydrogens is 1770 g/mol. The van der Waals surface area contributed by atoms with Crippen LogP contribution in [0.3, 0.4) is 0 Å². The van der Waals surface area contributed by atoms with Gasteiger partial charge in [-0.1, -0.05) is 0 Å². The van der Waals surface area contributed by atoms with Gasteiger partial charge in [-0.3, -0.25) is 29.7 Å². The van der Waals surface area contributed by atoms with Gasteiger partial charge in [0.25, 0.3) is 0 Å². The lowest BCUT2D eigenvalue weighted by Crippen LogP contribution is -2.30. The van der Waals surface area contributed by atoms with E-state index in [4.69, 9.17) is 33.2 Å². The number of aromatic nitrogens is 5. The van der Waals surface area contributed by atoms with Crippen molar-refractivity contribution in [1.29, 1.82) is 0 Å². The van der Waals surface area contributed by atoms with Crippen molar-refractivity contribution in [3.63, 3.8) is 0 Å². The van der Waals surface area contributed by atoms with Crippen molar-refractivity contribution < 1.29 is 67.7 Å². The Hall–Kier alpha value is -6.81. The highest BCUT2D eigenvalue weighted by molar-refractivity contribution is 9.11. The number of carboxylic acids is 1.